The largest absolute Gasteiger partial charge is 0.355 e. The van der Waals surface area contributed by atoms with Gasteiger partial charge in [-0.3, -0.25) is 4.79 Å². The van der Waals surface area contributed by atoms with Gasteiger partial charge in [-0.2, -0.15) is 0 Å². The molecule has 110 valence electrons. The van der Waals surface area contributed by atoms with Crippen molar-refractivity contribution in [1.29, 1.82) is 0 Å². The minimum absolute atomic E-state index is 0.0561. The fourth-order valence-corrected chi connectivity index (χ4v) is 2.81. The van der Waals surface area contributed by atoms with Gasteiger partial charge < -0.3 is 10.6 Å². The van der Waals surface area contributed by atoms with E-state index in [9.17, 15) is 4.79 Å². The predicted octanol–water partition coefficient (Wildman–Crippen LogP) is 2.99. The van der Waals surface area contributed by atoms with Crippen LogP contribution in [0.15, 0.2) is 28.7 Å². The zero-order chi connectivity index (χ0) is 14.6. The molecule has 0 aliphatic carbocycles. The van der Waals surface area contributed by atoms with Gasteiger partial charge in [0.1, 0.15) is 0 Å². The first kappa shape index (κ1) is 15.5. The second kappa shape index (κ2) is 6.72. The molecule has 1 atom stereocenters. The third kappa shape index (κ3) is 4.32. The molecule has 0 radical (unpaired) electrons. The van der Waals surface area contributed by atoms with Gasteiger partial charge in [0.05, 0.1) is 0 Å². The molecule has 1 saturated heterocycles. The van der Waals surface area contributed by atoms with Crippen molar-refractivity contribution in [2.24, 2.45) is 0 Å². The number of amides is 1. The third-order valence-corrected chi connectivity index (χ3v) is 4.48. The van der Waals surface area contributed by atoms with Crippen molar-refractivity contribution in [2.75, 3.05) is 13.1 Å². The highest BCUT2D eigenvalue weighted by Crippen LogP contribution is 2.24. The molecule has 0 aromatic heterocycles. The molecule has 0 spiro atoms. The Hall–Kier alpha value is -0.870. The summed E-state index contributed by atoms with van der Waals surface area (Å²) >= 11 is 3.45. The van der Waals surface area contributed by atoms with Gasteiger partial charge in [-0.05, 0) is 37.1 Å². The van der Waals surface area contributed by atoms with E-state index in [1.54, 1.807) is 0 Å². The predicted molar refractivity (Wildman–Crippen MR) is 85.8 cm³/mol. The average molecular weight is 339 g/mol. The molecule has 0 bridgehead atoms. The lowest BCUT2D eigenvalue weighted by Gasteiger charge is -2.26. The standard InChI is InChI=1S/C16H23BrN2O/c1-16(2,12-5-7-13(17)8-6-12)11-19-15(20)10-14-4-3-9-18-14/h5-8,14,18H,3-4,9-11H2,1-2H3,(H,19,20). The summed E-state index contributed by atoms with van der Waals surface area (Å²) in [5, 5.41) is 6.43. The van der Waals surface area contributed by atoms with E-state index in [4.69, 9.17) is 0 Å². The molecule has 20 heavy (non-hydrogen) atoms. The van der Waals surface area contributed by atoms with E-state index in [0.717, 1.165) is 17.4 Å². The Morgan fingerprint density at radius 2 is 2.10 bits per heavy atom. The zero-order valence-electron chi connectivity index (χ0n) is 12.2. The number of hydrogen-bond acceptors (Lipinski definition) is 2. The number of benzene rings is 1. The van der Waals surface area contributed by atoms with Crippen molar-refractivity contribution in [2.45, 2.75) is 44.6 Å². The van der Waals surface area contributed by atoms with Gasteiger partial charge in [0.2, 0.25) is 5.91 Å². The fourth-order valence-electron chi connectivity index (χ4n) is 2.55. The first-order chi connectivity index (χ1) is 9.47. The van der Waals surface area contributed by atoms with Gasteiger partial charge >= 0.3 is 0 Å². The highest BCUT2D eigenvalue weighted by molar-refractivity contribution is 9.10. The van der Waals surface area contributed by atoms with E-state index in [-0.39, 0.29) is 11.3 Å². The Kier molecular flexibility index (Phi) is 5.22. The minimum atomic E-state index is -0.0561. The smallest absolute Gasteiger partial charge is 0.221 e. The van der Waals surface area contributed by atoms with Crippen molar-refractivity contribution in [3.05, 3.63) is 34.3 Å². The van der Waals surface area contributed by atoms with Gasteiger partial charge in [-0.15, -0.1) is 0 Å². The van der Waals surface area contributed by atoms with E-state index in [0.29, 0.717) is 19.0 Å². The second-order valence-corrected chi connectivity index (χ2v) is 7.08. The molecule has 0 saturated carbocycles. The summed E-state index contributed by atoms with van der Waals surface area (Å²) in [6.45, 7) is 6.02. The first-order valence-corrected chi connectivity index (χ1v) is 8.03. The lowest BCUT2D eigenvalue weighted by molar-refractivity contribution is -0.121. The fraction of sp³-hybridized carbons (Fsp3) is 0.562. The minimum Gasteiger partial charge on any atom is -0.355 e. The van der Waals surface area contributed by atoms with Gasteiger partial charge in [0.15, 0.2) is 0 Å². The topological polar surface area (TPSA) is 41.1 Å². The third-order valence-electron chi connectivity index (χ3n) is 3.95. The number of halogens is 1. The zero-order valence-corrected chi connectivity index (χ0v) is 13.8. The highest BCUT2D eigenvalue weighted by atomic mass is 79.9. The molecule has 1 aliphatic heterocycles. The summed E-state index contributed by atoms with van der Waals surface area (Å²) in [5.41, 5.74) is 1.18. The summed E-state index contributed by atoms with van der Waals surface area (Å²) < 4.78 is 1.08. The van der Waals surface area contributed by atoms with E-state index in [1.807, 2.05) is 12.1 Å². The van der Waals surface area contributed by atoms with Crippen LogP contribution in [0.25, 0.3) is 0 Å². The van der Waals surface area contributed by atoms with Crippen LogP contribution in [0.2, 0.25) is 0 Å². The maximum Gasteiger partial charge on any atom is 0.221 e. The van der Waals surface area contributed by atoms with Gasteiger partial charge in [-0.25, -0.2) is 0 Å². The molecule has 4 heteroatoms. The Labute approximate surface area is 129 Å². The average Bonchev–Trinajstić information content (AvgIpc) is 2.90. The van der Waals surface area contributed by atoms with E-state index in [2.05, 4.69) is 52.5 Å². The number of rotatable bonds is 5. The van der Waals surface area contributed by atoms with Crippen LogP contribution in [0.3, 0.4) is 0 Å². The second-order valence-electron chi connectivity index (χ2n) is 6.16. The van der Waals surface area contributed by atoms with Crippen LogP contribution in [-0.4, -0.2) is 25.0 Å². The van der Waals surface area contributed by atoms with E-state index < -0.39 is 0 Å². The van der Waals surface area contributed by atoms with Crippen molar-refractivity contribution < 1.29 is 4.79 Å². The maximum atomic E-state index is 12.0. The van der Waals surface area contributed by atoms with Gasteiger partial charge in [0, 0.05) is 28.9 Å². The van der Waals surface area contributed by atoms with Crippen LogP contribution in [-0.2, 0) is 10.2 Å². The summed E-state index contributed by atoms with van der Waals surface area (Å²) in [7, 11) is 0. The molecular weight excluding hydrogens is 316 g/mol. The Morgan fingerprint density at radius 3 is 2.70 bits per heavy atom. The molecule has 1 aliphatic rings. The number of carbonyl (C=O) groups excluding carboxylic acids is 1. The summed E-state index contributed by atoms with van der Waals surface area (Å²) in [6.07, 6.45) is 2.89. The number of nitrogens with one attached hydrogen (secondary N) is 2. The SMILES string of the molecule is CC(C)(CNC(=O)CC1CCCN1)c1ccc(Br)cc1. The normalized spacial score (nSPS) is 19.1. The molecule has 1 aromatic carbocycles. The number of carbonyl (C=O) groups is 1. The Morgan fingerprint density at radius 1 is 1.40 bits per heavy atom. The molecule has 1 amide bonds. The van der Waals surface area contributed by atoms with Crippen molar-refractivity contribution in [3.63, 3.8) is 0 Å². The van der Waals surface area contributed by atoms with Crippen LogP contribution in [0.4, 0.5) is 0 Å². The van der Waals surface area contributed by atoms with Crippen molar-refractivity contribution in [1.82, 2.24) is 10.6 Å². The summed E-state index contributed by atoms with van der Waals surface area (Å²) in [5.74, 6) is 0.148. The quantitative estimate of drug-likeness (QED) is 0.866. The van der Waals surface area contributed by atoms with Crippen LogP contribution in [0, 0.1) is 0 Å². The molecule has 2 rings (SSSR count). The maximum absolute atomic E-state index is 12.0. The molecule has 1 fully saturated rings. The first-order valence-electron chi connectivity index (χ1n) is 7.23. The van der Waals surface area contributed by atoms with Crippen LogP contribution in [0.5, 0.6) is 0 Å². The summed E-state index contributed by atoms with van der Waals surface area (Å²) in [4.78, 5) is 12.0. The monoisotopic (exact) mass is 338 g/mol. The highest BCUT2D eigenvalue weighted by Gasteiger charge is 2.23. The molecule has 1 unspecified atom stereocenters. The van der Waals surface area contributed by atoms with Crippen LogP contribution in [0.1, 0.15) is 38.7 Å². The van der Waals surface area contributed by atoms with Gasteiger partial charge in [-0.1, -0.05) is 41.9 Å². The molecule has 1 heterocycles. The lowest BCUT2D eigenvalue weighted by Crippen LogP contribution is -2.39. The lowest BCUT2D eigenvalue weighted by atomic mass is 9.84. The Balaban J connectivity index is 1.84. The summed E-state index contributed by atoms with van der Waals surface area (Å²) in [6, 6.07) is 8.66. The van der Waals surface area contributed by atoms with Crippen LogP contribution >= 0.6 is 15.9 Å². The van der Waals surface area contributed by atoms with E-state index in [1.165, 1.54) is 12.0 Å². The molecule has 1 aromatic rings. The van der Waals surface area contributed by atoms with E-state index >= 15 is 0 Å². The Bertz CT molecular complexity index is 450. The van der Waals surface area contributed by atoms with Crippen molar-refractivity contribution in [3.8, 4) is 0 Å². The van der Waals surface area contributed by atoms with Gasteiger partial charge in [0.25, 0.3) is 0 Å². The molecular formula is C16H23BrN2O. The molecule has 2 N–H and O–H groups in total. The van der Waals surface area contributed by atoms with Crippen LogP contribution < -0.4 is 10.6 Å². The number of hydrogen-bond donors (Lipinski definition) is 2. The van der Waals surface area contributed by atoms with Crippen molar-refractivity contribution >= 4 is 21.8 Å². The molecule has 3 nitrogen and oxygen atoms in total.